The minimum absolute atomic E-state index is 0.000239. The summed E-state index contributed by atoms with van der Waals surface area (Å²) >= 11 is 0. The lowest BCUT2D eigenvalue weighted by Gasteiger charge is -2.21. The number of carbonyl (C=O) groups excluding carboxylic acids is 3. The second kappa shape index (κ2) is 8.21. The molecule has 0 aromatic heterocycles. The van der Waals surface area contributed by atoms with Gasteiger partial charge in [-0.1, -0.05) is 12.1 Å². The highest BCUT2D eigenvalue weighted by Gasteiger charge is 2.42. The second-order valence-corrected chi connectivity index (χ2v) is 6.80. The van der Waals surface area contributed by atoms with Crippen LogP contribution in [-0.2, 0) is 9.59 Å². The molecule has 1 aliphatic heterocycles. The van der Waals surface area contributed by atoms with E-state index >= 15 is 0 Å². The summed E-state index contributed by atoms with van der Waals surface area (Å²) in [6, 6.07) is 4.97. The number of ether oxygens (including phenoxy) is 1. The summed E-state index contributed by atoms with van der Waals surface area (Å²) in [6.45, 7) is 5.05. The van der Waals surface area contributed by atoms with Crippen molar-refractivity contribution in [2.24, 2.45) is 0 Å². The van der Waals surface area contributed by atoms with Crippen molar-refractivity contribution >= 4 is 17.8 Å². The van der Waals surface area contributed by atoms with Crippen LogP contribution in [0.1, 0.15) is 24.0 Å². The Kier molecular flexibility index (Phi) is 6.23. The molecule has 0 radical (unpaired) electrons. The highest BCUT2D eigenvalue weighted by molar-refractivity contribution is 6.05. The first-order valence-corrected chi connectivity index (χ1v) is 8.70. The number of urea groups is 1. The van der Waals surface area contributed by atoms with Gasteiger partial charge in [0.1, 0.15) is 11.8 Å². The molecule has 0 saturated carbocycles. The summed E-state index contributed by atoms with van der Waals surface area (Å²) in [5.41, 5.74) is 2.22. The van der Waals surface area contributed by atoms with Gasteiger partial charge in [-0.05, 0) is 37.5 Å². The summed E-state index contributed by atoms with van der Waals surface area (Å²) in [5.74, 6) is 0.362. The van der Waals surface area contributed by atoms with Crippen LogP contribution < -0.4 is 4.74 Å². The van der Waals surface area contributed by atoms with Gasteiger partial charge in [0.05, 0.1) is 13.0 Å². The Morgan fingerprint density at radius 3 is 2.54 bits per heavy atom. The second-order valence-electron chi connectivity index (χ2n) is 6.80. The van der Waals surface area contributed by atoms with Gasteiger partial charge in [0.15, 0.2) is 0 Å². The van der Waals surface area contributed by atoms with Crippen LogP contribution in [0.25, 0.3) is 0 Å². The molecule has 0 bridgehead atoms. The van der Waals surface area contributed by atoms with Crippen LogP contribution in [-0.4, -0.2) is 72.9 Å². The standard InChI is InChI=1S/C19H27N3O4/c1-13-7-8-14(2)16(11-13)26-10-6-9-20(3)17(23)12-15-18(24)22(5)19(25)21(15)4/h7-8,11,15H,6,9-10,12H2,1-5H3/t15-/m0/s1. The van der Waals surface area contributed by atoms with Crippen molar-refractivity contribution in [2.75, 3.05) is 34.3 Å². The zero-order chi connectivity index (χ0) is 19.4. The highest BCUT2D eigenvalue weighted by Crippen LogP contribution is 2.19. The first kappa shape index (κ1) is 19.8. The maximum Gasteiger partial charge on any atom is 0.326 e. The molecule has 0 N–H and O–H groups in total. The maximum atomic E-state index is 12.3. The van der Waals surface area contributed by atoms with Gasteiger partial charge >= 0.3 is 6.03 Å². The fourth-order valence-electron chi connectivity index (χ4n) is 2.87. The van der Waals surface area contributed by atoms with Crippen molar-refractivity contribution in [3.8, 4) is 5.75 Å². The molecule has 26 heavy (non-hydrogen) atoms. The monoisotopic (exact) mass is 361 g/mol. The van der Waals surface area contributed by atoms with Gasteiger partial charge in [-0.25, -0.2) is 4.79 Å². The zero-order valence-corrected chi connectivity index (χ0v) is 16.1. The van der Waals surface area contributed by atoms with Crippen LogP contribution in [0.15, 0.2) is 18.2 Å². The number of amides is 4. The number of benzene rings is 1. The summed E-state index contributed by atoms with van der Waals surface area (Å²) in [4.78, 5) is 40.1. The Morgan fingerprint density at radius 2 is 1.92 bits per heavy atom. The topological polar surface area (TPSA) is 70.2 Å². The van der Waals surface area contributed by atoms with Gasteiger partial charge in [-0.15, -0.1) is 0 Å². The molecule has 1 atom stereocenters. The van der Waals surface area contributed by atoms with Crippen LogP contribution in [0.2, 0.25) is 0 Å². The quantitative estimate of drug-likeness (QED) is 0.549. The molecule has 2 rings (SSSR count). The summed E-state index contributed by atoms with van der Waals surface area (Å²) < 4.78 is 5.79. The van der Waals surface area contributed by atoms with Gasteiger partial charge < -0.3 is 14.5 Å². The Hall–Kier alpha value is -2.57. The number of hydrogen-bond acceptors (Lipinski definition) is 4. The molecule has 7 heteroatoms. The van der Waals surface area contributed by atoms with Crippen LogP contribution in [0.5, 0.6) is 5.75 Å². The van der Waals surface area contributed by atoms with Crippen LogP contribution in [0, 0.1) is 13.8 Å². The molecule has 1 aliphatic rings. The van der Waals surface area contributed by atoms with Gasteiger partial charge in [-0.2, -0.15) is 0 Å². The van der Waals surface area contributed by atoms with E-state index in [1.807, 2.05) is 32.0 Å². The normalized spacial score (nSPS) is 17.0. The van der Waals surface area contributed by atoms with Crippen LogP contribution in [0.4, 0.5) is 4.79 Å². The first-order chi connectivity index (χ1) is 12.2. The molecule has 142 valence electrons. The number of aryl methyl sites for hydroxylation is 2. The SMILES string of the molecule is Cc1ccc(C)c(OCCCN(C)C(=O)C[C@H]2C(=O)N(C)C(=O)N2C)c1. The van der Waals surface area contributed by atoms with Crippen molar-refractivity contribution in [1.82, 2.24) is 14.7 Å². The fourth-order valence-corrected chi connectivity index (χ4v) is 2.87. The van der Waals surface area contributed by atoms with Crippen LogP contribution >= 0.6 is 0 Å². The Bertz CT molecular complexity index is 704. The van der Waals surface area contributed by atoms with E-state index in [2.05, 4.69) is 0 Å². The number of rotatable bonds is 7. The molecule has 0 unspecified atom stereocenters. The molecule has 0 aliphatic carbocycles. The Morgan fingerprint density at radius 1 is 1.23 bits per heavy atom. The molecule has 1 aromatic rings. The van der Waals surface area contributed by atoms with Crippen molar-refractivity contribution < 1.29 is 19.1 Å². The van der Waals surface area contributed by atoms with Crippen molar-refractivity contribution in [3.63, 3.8) is 0 Å². The van der Waals surface area contributed by atoms with Crippen molar-refractivity contribution in [1.29, 1.82) is 0 Å². The van der Waals surface area contributed by atoms with Crippen LogP contribution in [0.3, 0.4) is 0 Å². The van der Waals surface area contributed by atoms with E-state index < -0.39 is 6.04 Å². The van der Waals surface area contributed by atoms with Gasteiger partial charge in [0.25, 0.3) is 5.91 Å². The molecule has 1 aromatic carbocycles. The third kappa shape index (κ3) is 4.33. The lowest BCUT2D eigenvalue weighted by molar-refractivity contribution is -0.135. The molecule has 1 fully saturated rings. The number of hydrogen-bond donors (Lipinski definition) is 0. The third-order valence-electron chi connectivity index (χ3n) is 4.70. The highest BCUT2D eigenvalue weighted by atomic mass is 16.5. The Labute approximate surface area is 154 Å². The summed E-state index contributed by atoms with van der Waals surface area (Å²) in [5, 5.41) is 0. The zero-order valence-electron chi connectivity index (χ0n) is 16.1. The van der Waals surface area contributed by atoms with E-state index in [0.717, 1.165) is 21.8 Å². The van der Waals surface area contributed by atoms with E-state index in [1.54, 1.807) is 19.0 Å². The third-order valence-corrected chi connectivity index (χ3v) is 4.70. The van der Waals surface area contributed by atoms with Gasteiger partial charge in [0.2, 0.25) is 5.91 Å². The largest absolute Gasteiger partial charge is 0.493 e. The van der Waals surface area contributed by atoms with E-state index in [4.69, 9.17) is 4.74 Å². The average Bonchev–Trinajstić information content (AvgIpc) is 2.79. The predicted molar refractivity (Wildman–Crippen MR) is 98.0 cm³/mol. The van der Waals surface area contributed by atoms with Crippen molar-refractivity contribution in [3.05, 3.63) is 29.3 Å². The van der Waals surface area contributed by atoms with E-state index in [9.17, 15) is 14.4 Å². The number of imide groups is 1. The number of carbonyl (C=O) groups is 3. The molecule has 4 amide bonds. The molecule has 1 saturated heterocycles. The number of nitrogens with zero attached hydrogens (tertiary/aromatic N) is 3. The molecule has 1 heterocycles. The first-order valence-electron chi connectivity index (χ1n) is 8.70. The van der Waals surface area contributed by atoms with Crippen molar-refractivity contribution in [2.45, 2.75) is 32.7 Å². The predicted octanol–water partition coefficient (Wildman–Crippen LogP) is 1.81. The van der Waals surface area contributed by atoms with E-state index in [1.165, 1.54) is 11.9 Å². The van der Waals surface area contributed by atoms with E-state index in [0.29, 0.717) is 19.6 Å². The minimum Gasteiger partial charge on any atom is -0.493 e. The smallest absolute Gasteiger partial charge is 0.326 e. The summed E-state index contributed by atoms with van der Waals surface area (Å²) in [7, 11) is 4.67. The molecule has 7 nitrogen and oxygen atoms in total. The average molecular weight is 361 g/mol. The van der Waals surface area contributed by atoms with Gasteiger partial charge in [-0.3, -0.25) is 14.5 Å². The minimum atomic E-state index is -0.714. The fraction of sp³-hybridized carbons (Fsp3) is 0.526. The van der Waals surface area contributed by atoms with E-state index in [-0.39, 0.29) is 24.3 Å². The summed E-state index contributed by atoms with van der Waals surface area (Å²) in [6.07, 6.45) is 0.683. The number of likely N-dealkylation sites (N-methyl/N-ethyl adjacent to an activating group) is 2. The molecular weight excluding hydrogens is 334 g/mol. The lowest BCUT2D eigenvalue weighted by atomic mass is 10.1. The maximum absolute atomic E-state index is 12.3. The molecular formula is C19H27N3O4. The van der Waals surface area contributed by atoms with Gasteiger partial charge in [0, 0.05) is 27.7 Å². The lowest BCUT2D eigenvalue weighted by Crippen LogP contribution is -2.38. The Balaban J connectivity index is 1.78. The molecule has 0 spiro atoms.